The Morgan fingerprint density at radius 3 is 3.00 bits per heavy atom. The summed E-state index contributed by atoms with van der Waals surface area (Å²) in [5.41, 5.74) is 1.23. The molecule has 1 amide bonds. The van der Waals surface area contributed by atoms with Gasteiger partial charge in [0.1, 0.15) is 0 Å². The molecule has 19 heavy (non-hydrogen) atoms. The van der Waals surface area contributed by atoms with E-state index >= 15 is 0 Å². The predicted octanol–water partition coefficient (Wildman–Crippen LogP) is 3.11. The van der Waals surface area contributed by atoms with Gasteiger partial charge >= 0.3 is 0 Å². The second-order valence-corrected chi connectivity index (χ2v) is 6.25. The molecule has 2 rings (SSSR count). The van der Waals surface area contributed by atoms with E-state index < -0.39 is 0 Å². The van der Waals surface area contributed by atoms with Gasteiger partial charge in [-0.2, -0.15) is 0 Å². The zero-order chi connectivity index (χ0) is 13.8. The maximum absolute atomic E-state index is 12.3. The third-order valence-electron chi connectivity index (χ3n) is 3.47. The van der Waals surface area contributed by atoms with Crippen LogP contribution in [0.3, 0.4) is 0 Å². The van der Waals surface area contributed by atoms with Crippen LogP contribution >= 0.6 is 15.9 Å². The van der Waals surface area contributed by atoms with Gasteiger partial charge in [0.2, 0.25) is 5.91 Å². The van der Waals surface area contributed by atoms with Crippen molar-refractivity contribution in [2.75, 3.05) is 13.1 Å². The Bertz CT molecular complexity index is 448. The minimum atomic E-state index is 0.205. The molecule has 1 saturated heterocycles. The van der Waals surface area contributed by atoms with Gasteiger partial charge in [0, 0.05) is 17.1 Å². The molecule has 1 fully saturated rings. The van der Waals surface area contributed by atoms with Crippen LogP contribution in [0.1, 0.15) is 38.3 Å². The Morgan fingerprint density at radius 1 is 1.53 bits per heavy atom. The summed E-state index contributed by atoms with van der Waals surface area (Å²) in [5, 5.41) is 3.21. The number of hydrogen-bond acceptors (Lipinski definition) is 2. The normalized spacial score (nSPS) is 19.2. The minimum Gasteiger partial charge on any atom is -0.335 e. The van der Waals surface area contributed by atoms with Crippen LogP contribution in [0.25, 0.3) is 0 Å². The summed E-state index contributed by atoms with van der Waals surface area (Å²) in [6.07, 6.45) is 2.15. The first kappa shape index (κ1) is 14.5. The van der Waals surface area contributed by atoms with Crippen LogP contribution in [-0.2, 0) is 4.79 Å². The summed E-state index contributed by atoms with van der Waals surface area (Å²) < 4.78 is 1.07. The van der Waals surface area contributed by atoms with Crippen molar-refractivity contribution in [3.63, 3.8) is 0 Å². The third kappa shape index (κ3) is 3.80. The molecule has 1 aliphatic heterocycles. The van der Waals surface area contributed by atoms with Gasteiger partial charge in [-0.25, -0.2) is 0 Å². The minimum absolute atomic E-state index is 0.205. The van der Waals surface area contributed by atoms with Gasteiger partial charge in [0.25, 0.3) is 0 Å². The molecule has 0 spiro atoms. The van der Waals surface area contributed by atoms with Crippen molar-refractivity contribution < 1.29 is 4.79 Å². The molecule has 0 saturated carbocycles. The largest absolute Gasteiger partial charge is 0.335 e. The molecule has 1 N–H and O–H groups in total. The zero-order valence-corrected chi connectivity index (χ0v) is 13.1. The first-order valence-electron chi connectivity index (χ1n) is 6.86. The van der Waals surface area contributed by atoms with Crippen molar-refractivity contribution in [2.24, 2.45) is 0 Å². The summed E-state index contributed by atoms with van der Waals surface area (Å²) in [6.45, 7) is 5.42. The topological polar surface area (TPSA) is 32.3 Å². The highest BCUT2D eigenvalue weighted by molar-refractivity contribution is 9.10. The monoisotopic (exact) mass is 324 g/mol. The summed E-state index contributed by atoms with van der Waals surface area (Å²) in [4.78, 5) is 14.3. The molecule has 0 aromatic heterocycles. The van der Waals surface area contributed by atoms with E-state index in [1.165, 1.54) is 5.56 Å². The van der Waals surface area contributed by atoms with Gasteiger partial charge in [-0.1, -0.05) is 41.9 Å². The number of amides is 1. The average molecular weight is 325 g/mol. The molecule has 4 heteroatoms. The molecule has 1 heterocycles. The van der Waals surface area contributed by atoms with Crippen molar-refractivity contribution in [3.8, 4) is 0 Å². The lowest BCUT2D eigenvalue weighted by atomic mass is 10.0. The number of likely N-dealkylation sites (tertiary alicyclic amines) is 1. The van der Waals surface area contributed by atoms with Gasteiger partial charge in [0.15, 0.2) is 0 Å². The molecule has 0 aliphatic carbocycles. The highest BCUT2D eigenvalue weighted by Crippen LogP contribution is 2.32. The average Bonchev–Trinajstić information content (AvgIpc) is 2.85. The van der Waals surface area contributed by atoms with Crippen LogP contribution in [-0.4, -0.2) is 29.9 Å². The van der Waals surface area contributed by atoms with Gasteiger partial charge < -0.3 is 10.2 Å². The quantitative estimate of drug-likeness (QED) is 0.922. The van der Waals surface area contributed by atoms with E-state index in [1.54, 1.807) is 0 Å². The van der Waals surface area contributed by atoms with E-state index in [2.05, 4.69) is 47.2 Å². The first-order chi connectivity index (χ1) is 9.08. The molecule has 0 radical (unpaired) electrons. The highest BCUT2D eigenvalue weighted by Gasteiger charge is 2.29. The van der Waals surface area contributed by atoms with E-state index in [4.69, 9.17) is 0 Å². The highest BCUT2D eigenvalue weighted by atomic mass is 79.9. The fourth-order valence-corrected chi connectivity index (χ4v) is 2.94. The van der Waals surface area contributed by atoms with E-state index in [1.807, 2.05) is 17.0 Å². The van der Waals surface area contributed by atoms with E-state index in [0.29, 0.717) is 12.6 Å². The summed E-state index contributed by atoms with van der Waals surface area (Å²) in [5.74, 6) is 0.205. The predicted molar refractivity (Wildman–Crippen MR) is 81.0 cm³/mol. The SMILES string of the molecule is CC(C)NCC(=O)N1CCCC1c1cccc(Br)c1. The first-order valence-corrected chi connectivity index (χ1v) is 7.65. The molecule has 3 nitrogen and oxygen atoms in total. The standard InChI is InChI=1S/C15H21BrN2O/c1-11(2)17-10-15(19)18-8-4-7-14(18)12-5-3-6-13(16)9-12/h3,5-6,9,11,14,17H,4,7-8,10H2,1-2H3. The van der Waals surface area contributed by atoms with Crippen molar-refractivity contribution >= 4 is 21.8 Å². The molecule has 1 aliphatic rings. The number of carbonyl (C=O) groups is 1. The van der Waals surface area contributed by atoms with Crippen molar-refractivity contribution in [1.82, 2.24) is 10.2 Å². The van der Waals surface area contributed by atoms with Crippen molar-refractivity contribution in [3.05, 3.63) is 34.3 Å². The smallest absolute Gasteiger partial charge is 0.237 e. The maximum atomic E-state index is 12.3. The van der Waals surface area contributed by atoms with Crippen LogP contribution in [0.5, 0.6) is 0 Å². The second-order valence-electron chi connectivity index (χ2n) is 5.34. The second kappa shape index (κ2) is 6.53. The van der Waals surface area contributed by atoms with Crippen LogP contribution in [0.4, 0.5) is 0 Å². The van der Waals surface area contributed by atoms with Gasteiger partial charge in [-0.3, -0.25) is 4.79 Å². The number of nitrogens with one attached hydrogen (secondary N) is 1. The molecule has 0 bridgehead atoms. The Labute approximate surface area is 123 Å². The van der Waals surface area contributed by atoms with E-state index in [-0.39, 0.29) is 11.9 Å². The molecular formula is C15H21BrN2O. The summed E-state index contributed by atoms with van der Waals surface area (Å²) >= 11 is 3.50. The fourth-order valence-electron chi connectivity index (χ4n) is 2.52. The zero-order valence-electron chi connectivity index (χ0n) is 11.5. The Morgan fingerprint density at radius 2 is 2.32 bits per heavy atom. The fraction of sp³-hybridized carbons (Fsp3) is 0.533. The lowest BCUT2D eigenvalue weighted by molar-refractivity contribution is -0.131. The third-order valence-corrected chi connectivity index (χ3v) is 3.96. The van der Waals surface area contributed by atoms with Crippen LogP contribution in [0, 0.1) is 0 Å². The lowest BCUT2D eigenvalue weighted by Crippen LogP contribution is -2.39. The number of hydrogen-bond donors (Lipinski definition) is 1. The van der Waals surface area contributed by atoms with Gasteiger partial charge in [-0.05, 0) is 30.5 Å². The van der Waals surface area contributed by atoms with Gasteiger partial charge in [-0.15, -0.1) is 0 Å². The molecule has 1 atom stereocenters. The Kier molecular flexibility index (Phi) is 4.99. The molecule has 1 aromatic carbocycles. The van der Waals surface area contributed by atoms with Crippen LogP contribution < -0.4 is 5.32 Å². The maximum Gasteiger partial charge on any atom is 0.237 e. The molecule has 1 aromatic rings. The number of benzene rings is 1. The van der Waals surface area contributed by atoms with Crippen LogP contribution in [0.15, 0.2) is 28.7 Å². The molecule has 104 valence electrons. The summed E-state index contributed by atoms with van der Waals surface area (Å²) in [7, 11) is 0. The van der Waals surface area contributed by atoms with E-state index in [0.717, 1.165) is 23.9 Å². The van der Waals surface area contributed by atoms with Crippen LogP contribution in [0.2, 0.25) is 0 Å². The van der Waals surface area contributed by atoms with Gasteiger partial charge in [0.05, 0.1) is 12.6 Å². The summed E-state index contributed by atoms with van der Waals surface area (Å²) in [6, 6.07) is 8.86. The van der Waals surface area contributed by atoms with E-state index in [9.17, 15) is 4.79 Å². The molecular weight excluding hydrogens is 304 g/mol. The molecule has 1 unspecified atom stereocenters. The Balaban J connectivity index is 2.06. The lowest BCUT2D eigenvalue weighted by Gasteiger charge is -2.26. The Hall–Kier alpha value is -0.870. The number of rotatable bonds is 4. The number of carbonyl (C=O) groups excluding carboxylic acids is 1. The number of halogens is 1. The van der Waals surface area contributed by atoms with Crippen molar-refractivity contribution in [1.29, 1.82) is 0 Å². The van der Waals surface area contributed by atoms with Crippen molar-refractivity contribution in [2.45, 2.75) is 38.8 Å². The number of nitrogens with zero attached hydrogens (tertiary/aromatic N) is 1.